The Labute approximate surface area is 169 Å². The highest BCUT2D eigenvalue weighted by Crippen LogP contribution is 2.33. The number of benzene rings is 2. The Morgan fingerprint density at radius 2 is 1.69 bits per heavy atom. The highest BCUT2D eigenvalue weighted by Gasteiger charge is 2.12. The zero-order chi connectivity index (χ0) is 20.1. The van der Waals surface area contributed by atoms with Gasteiger partial charge in [0, 0.05) is 35.1 Å². The zero-order valence-electron chi connectivity index (χ0n) is 16.4. The zero-order valence-corrected chi connectivity index (χ0v) is 16.4. The maximum atomic E-state index is 5.74. The monoisotopic (exact) mass is 386 g/mol. The molecule has 2 aromatic heterocycles. The minimum Gasteiger partial charge on any atom is -0.490 e. The van der Waals surface area contributed by atoms with Crippen LogP contribution in [-0.2, 0) is 0 Å². The summed E-state index contributed by atoms with van der Waals surface area (Å²) < 4.78 is 11.4. The van der Waals surface area contributed by atoms with E-state index in [0.29, 0.717) is 24.8 Å². The van der Waals surface area contributed by atoms with Gasteiger partial charge in [0.05, 0.1) is 18.7 Å². The average Bonchev–Trinajstić information content (AvgIpc) is 2.76. The van der Waals surface area contributed by atoms with Crippen molar-refractivity contribution < 1.29 is 9.47 Å². The summed E-state index contributed by atoms with van der Waals surface area (Å²) in [4.78, 5) is 13.6. The Balaban J connectivity index is 1.76. The lowest BCUT2D eigenvalue weighted by Gasteiger charge is -2.14. The molecule has 29 heavy (non-hydrogen) atoms. The normalized spacial score (nSPS) is 10.7. The van der Waals surface area contributed by atoms with Crippen molar-refractivity contribution in [1.82, 2.24) is 15.0 Å². The predicted octanol–water partition coefficient (Wildman–Crippen LogP) is 5.23. The van der Waals surface area contributed by atoms with Gasteiger partial charge in [0.2, 0.25) is 0 Å². The number of ether oxygens (including phenoxy) is 2. The van der Waals surface area contributed by atoms with Crippen molar-refractivity contribution in [3.05, 3.63) is 67.0 Å². The Morgan fingerprint density at radius 3 is 2.48 bits per heavy atom. The SMILES string of the molecule is CCOc1ccc(Nc2nc(-c3cccnc3)nc3ccccc23)cc1OCC. The molecular formula is C23H22N4O2. The maximum absolute atomic E-state index is 5.74. The van der Waals surface area contributed by atoms with E-state index in [9.17, 15) is 0 Å². The van der Waals surface area contributed by atoms with Crippen molar-refractivity contribution in [3.63, 3.8) is 0 Å². The third kappa shape index (κ3) is 4.11. The van der Waals surface area contributed by atoms with Crippen molar-refractivity contribution in [2.45, 2.75) is 13.8 Å². The van der Waals surface area contributed by atoms with Crippen LogP contribution in [0.15, 0.2) is 67.0 Å². The standard InChI is InChI=1S/C23H22N4O2/c1-3-28-20-12-11-17(14-21(20)29-4-2)25-23-18-9-5-6-10-19(18)26-22(27-23)16-8-7-13-24-15-16/h5-15H,3-4H2,1-2H3,(H,25,26,27). The van der Waals surface area contributed by atoms with Crippen LogP contribution >= 0.6 is 0 Å². The smallest absolute Gasteiger partial charge is 0.163 e. The summed E-state index contributed by atoms with van der Waals surface area (Å²) in [6, 6.07) is 17.5. The van der Waals surface area contributed by atoms with Gasteiger partial charge in [-0.05, 0) is 50.2 Å². The molecule has 4 aromatic rings. The number of nitrogens with one attached hydrogen (secondary N) is 1. The summed E-state index contributed by atoms with van der Waals surface area (Å²) in [6.45, 7) is 5.05. The molecule has 0 unspecified atom stereocenters. The molecule has 0 bridgehead atoms. The number of anilines is 2. The summed E-state index contributed by atoms with van der Waals surface area (Å²) in [5.74, 6) is 2.77. The fourth-order valence-corrected chi connectivity index (χ4v) is 3.06. The topological polar surface area (TPSA) is 69.2 Å². The van der Waals surface area contributed by atoms with Crippen LogP contribution in [0.2, 0.25) is 0 Å². The number of nitrogens with zero attached hydrogens (tertiary/aromatic N) is 3. The second kappa shape index (κ2) is 8.56. The molecule has 0 fully saturated rings. The molecule has 0 aliphatic rings. The van der Waals surface area contributed by atoms with Gasteiger partial charge in [-0.15, -0.1) is 0 Å². The molecule has 6 heteroatoms. The molecule has 4 rings (SSSR count). The second-order valence-electron chi connectivity index (χ2n) is 6.31. The molecular weight excluding hydrogens is 364 g/mol. The number of hydrogen-bond donors (Lipinski definition) is 1. The number of hydrogen-bond acceptors (Lipinski definition) is 6. The molecule has 6 nitrogen and oxygen atoms in total. The predicted molar refractivity (Wildman–Crippen MR) is 115 cm³/mol. The van der Waals surface area contributed by atoms with Crippen LogP contribution in [0.3, 0.4) is 0 Å². The van der Waals surface area contributed by atoms with E-state index in [1.54, 1.807) is 12.4 Å². The van der Waals surface area contributed by atoms with Gasteiger partial charge in [-0.2, -0.15) is 0 Å². The van der Waals surface area contributed by atoms with E-state index in [0.717, 1.165) is 33.7 Å². The van der Waals surface area contributed by atoms with Crippen LogP contribution in [0.25, 0.3) is 22.3 Å². The van der Waals surface area contributed by atoms with Crippen LogP contribution < -0.4 is 14.8 Å². The van der Waals surface area contributed by atoms with Gasteiger partial charge in [-0.25, -0.2) is 9.97 Å². The fraction of sp³-hybridized carbons (Fsp3) is 0.174. The summed E-state index contributed by atoms with van der Waals surface area (Å²) in [5, 5.41) is 4.36. The van der Waals surface area contributed by atoms with Crippen molar-refractivity contribution in [1.29, 1.82) is 0 Å². The van der Waals surface area contributed by atoms with Crippen molar-refractivity contribution in [2.24, 2.45) is 0 Å². The van der Waals surface area contributed by atoms with E-state index in [4.69, 9.17) is 19.4 Å². The quantitative estimate of drug-likeness (QED) is 0.469. The third-order valence-electron chi connectivity index (χ3n) is 4.33. The van der Waals surface area contributed by atoms with Gasteiger partial charge in [-0.1, -0.05) is 12.1 Å². The van der Waals surface area contributed by atoms with Gasteiger partial charge >= 0.3 is 0 Å². The van der Waals surface area contributed by atoms with Crippen molar-refractivity contribution in [3.8, 4) is 22.9 Å². The van der Waals surface area contributed by atoms with Gasteiger partial charge < -0.3 is 14.8 Å². The first-order valence-electron chi connectivity index (χ1n) is 9.62. The first kappa shape index (κ1) is 18.7. The average molecular weight is 386 g/mol. The molecule has 0 saturated carbocycles. The molecule has 0 spiro atoms. The van der Waals surface area contributed by atoms with Crippen LogP contribution in [0.5, 0.6) is 11.5 Å². The van der Waals surface area contributed by atoms with E-state index < -0.39 is 0 Å². The number of aromatic nitrogens is 3. The Morgan fingerprint density at radius 1 is 0.862 bits per heavy atom. The molecule has 2 aromatic carbocycles. The molecule has 0 atom stereocenters. The number of pyridine rings is 1. The number of rotatable bonds is 7. The van der Waals surface area contributed by atoms with Gasteiger partial charge in [0.15, 0.2) is 17.3 Å². The van der Waals surface area contributed by atoms with Gasteiger partial charge in [0.25, 0.3) is 0 Å². The van der Waals surface area contributed by atoms with Crippen LogP contribution in [-0.4, -0.2) is 28.2 Å². The lowest BCUT2D eigenvalue weighted by atomic mass is 10.2. The summed E-state index contributed by atoms with van der Waals surface area (Å²) in [7, 11) is 0. The number of fused-ring (bicyclic) bond motifs is 1. The van der Waals surface area contributed by atoms with E-state index in [-0.39, 0.29) is 0 Å². The highest BCUT2D eigenvalue weighted by atomic mass is 16.5. The van der Waals surface area contributed by atoms with Crippen LogP contribution in [0, 0.1) is 0 Å². The molecule has 146 valence electrons. The Bertz CT molecular complexity index is 1120. The molecule has 0 amide bonds. The molecule has 0 aliphatic heterocycles. The lowest BCUT2D eigenvalue weighted by Crippen LogP contribution is -2.02. The minimum atomic E-state index is 0.561. The summed E-state index contributed by atoms with van der Waals surface area (Å²) >= 11 is 0. The highest BCUT2D eigenvalue weighted by molar-refractivity contribution is 5.92. The Hall–Kier alpha value is -3.67. The van der Waals surface area contributed by atoms with Crippen LogP contribution in [0.1, 0.15) is 13.8 Å². The molecule has 0 radical (unpaired) electrons. The first-order chi connectivity index (χ1) is 14.3. The fourth-order valence-electron chi connectivity index (χ4n) is 3.06. The summed E-state index contributed by atoms with van der Waals surface area (Å²) in [6.07, 6.45) is 3.50. The molecule has 1 N–H and O–H groups in total. The molecule has 0 saturated heterocycles. The lowest BCUT2D eigenvalue weighted by molar-refractivity contribution is 0.288. The van der Waals surface area contributed by atoms with Crippen molar-refractivity contribution >= 4 is 22.4 Å². The van der Waals surface area contributed by atoms with Gasteiger partial charge in [-0.3, -0.25) is 4.98 Å². The first-order valence-corrected chi connectivity index (χ1v) is 9.62. The van der Waals surface area contributed by atoms with E-state index in [2.05, 4.69) is 10.3 Å². The minimum absolute atomic E-state index is 0.561. The second-order valence-corrected chi connectivity index (χ2v) is 6.31. The van der Waals surface area contributed by atoms with E-state index in [1.807, 2.05) is 68.4 Å². The number of para-hydroxylation sites is 1. The van der Waals surface area contributed by atoms with E-state index in [1.165, 1.54) is 0 Å². The van der Waals surface area contributed by atoms with E-state index >= 15 is 0 Å². The van der Waals surface area contributed by atoms with Crippen molar-refractivity contribution in [2.75, 3.05) is 18.5 Å². The largest absolute Gasteiger partial charge is 0.490 e. The Kier molecular flexibility index (Phi) is 5.52. The molecule has 2 heterocycles. The molecule has 0 aliphatic carbocycles. The third-order valence-corrected chi connectivity index (χ3v) is 4.33. The summed E-state index contributed by atoms with van der Waals surface area (Å²) in [5.41, 5.74) is 2.58. The van der Waals surface area contributed by atoms with Gasteiger partial charge in [0.1, 0.15) is 5.82 Å². The van der Waals surface area contributed by atoms with Crippen LogP contribution in [0.4, 0.5) is 11.5 Å². The maximum Gasteiger partial charge on any atom is 0.163 e.